The minimum atomic E-state index is -0.431. The average molecular weight is 310 g/mol. The predicted octanol–water partition coefficient (Wildman–Crippen LogP) is 4.04. The molecule has 0 heterocycles. The first-order valence-electron chi connectivity index (χ1n) is 7.12. The van der Waals surface area contributed by atoms with Crippen molar-refractivity contribution >= 4 is 5.97 Å². The summed E-state index contributed by atoms with van der Waals surface area (Å²) < 4.78 is 16.0. The number of esters is 1. The van der Waals surface area contributed by atoms with Gasteiger partial charge in [0.25, 0.3) is 0 Å². The summed E-state index contributed by atoms with van der Waals surface area (Å²) in [6.07, 6.45) is 3.32. The fourth-order valence-corrected chi connectivity index (χ4v) is 1.77. The summed E-state index contributed by atoms with van der Waals surface area (Å²) in [5, 5.41) is 0. The number of hydrogen-bond donors (Lipinski definition) is 0. The van der Waals surface area contributed by atoms with Gasteiger partial charge in [-0.15, -0.1) is 0 Å². The minimum Gasteiger partial charge on any atom is -0.490 e. The molecule has 0 aromatic heterocycles. The molecule has 0 N–H and O–H groups in total. The Morgan fingerprint density at radius 2 is 1.22 bits per heavy atom. The number of carbonyl (C=O) groups is 1. The first-order valence-corrected chi connectivity index (χ1v) is 7.12. The van der Waals surface area contributed by atoms with Crippen molar-refractivity contribution in [2.75, 3.05) is 13.2 Å². The molecule has 0 unspecified atom stereocenters. The van der Waals surface area contributed by atoms with Gasteiger partial charge in [0.05, 0.1) is 5.56 Å². The Bertz CT molecular complexity index is 657. The van der Waals surface area contributed by atoms with Gasteiger partial charge in [0, 0.05) is 0 Å². The molecule has 0 atom stereocenters. The summed E-state index contributed by atoms with van der Waals surface area (Å²) in [4.78, 5) is 12.1. The van der Waals surface area contributed by atoms with Crippen molar-refractivity contribution in [3.8, 4) is 17.2 Å². The Morgan fingerprint density at radius 1 is 0.783 bits per heavy atom. The van der Waals surface area contributed by atoms with E-state index in [0.717, 1.165) is 0 Å². The van der Waals surface area contributed by atoms with Crippen LogP contribution in [0.3, 0.4) is 0 Å². The van der Waals surface area contributed by atoms with Crippen LogP contribution in [-0.4, -0.2) is 19.2 Å². The maximum atomic E-state index is 12.1. The Kier molecular flexibility index (Phi) is 6.00. The monoisotopic (exact) mass is 310 g/mol. The van der Waals surface area contributed by atoms with E-state index in [4.69, 9.17) is 14.2 Å². The third-order valence-corrected chi connectivity index (χ3v) is 2.86. The Morgan fingerprint density at radius 3 is 1.70 bits per heavy atom. The highest BCUT2D eigenvalue weighted by atomic mass is 16.5. The van der Waals surface area contributed by atoms with E-state index in [1.54, 1.807) is 60.7 Å². The molecule has 4 nitrogen and oxygen atoms in total. The lowest BCUT2D eigenvalue weighted by Crippen LogP contribution is -2.08. The van der Waals surface area contributed by atoms with E-state index >= 15 is 0 Å². The lowest BCUT2D eigenvalue weighted by molar-refractivity contribution is 0.0734. The second-order valence-electron chi connectivity index (χ2n) is 4.58. The predicted molar refractivity (Wildman–Crippen MR) is 89.2 cm³/mol. The minimum absolute atomic E-state index is 0.421. The molecule has 4 heteroatoms. The smallest absolute Gasteiger partial charge is 0.343 e. The van der Waals surface area contributed by atoms with E-state index in [1.165, 1.54) is 0 Å². The standard InChI is InChI=1S/C19H18O4/c1-3-13-21-16-7-5-15(6-8-16)19(20)23-18-11-9-17(10-12-18)22-14-4-2/h3-12H,1-2,13-14H2. The van der Waals surface area contributed by atoms with Gasteiger partial charge in [0.15, 0.2) is 0 Å². The molecule has 0 aliphatic carbocycles. The van der Waals surface area contributed by atoms with Crippen molar-refractivity contribution in [2.45, 2.75) is 0 Å². The SMILES string of the molecule is C=CCOc1ccc(OC(=O)c2ccc(OCC=C)cc2)cc1. The molecule has 118 valence electrons. The zero-order valence-electron chi connectivity index (χ0n) is 12.7. The van der Waals surface area contributed by atoms with Crippen LogP contribution in [0.4, 0.5) is 0 Å². The number of ether oxygens (including phenoxy) is 3. The molecule has 2 aromatic carbocycles. The van der Waals surface area contributed by atoms with Gasteiger partial charge < -0.3 is 14.2 Å². The van der Waals surface area contributed by atoms with Crippen molar-refractivity contribution in [1.82, 2.24) is 0 Å². The Labute approximate surface area is 135 Å². The molecule has 0 spiro atoms. The van der Waals surface area contributed by atoms with Crippen LogP contribution in [0.5, 0.6) is 17.2 Å². The highest BCUT2D eigenvalue weighted by Gasteiger charge is 2.09. The van der Waals surface area contributed by atoms with Crippen LogP contribution in [0.25, 0.3) is 0 Å². The maximum Gasteiger partial charge on any atom is 0.343 e. The summed E-state index contributed by atoms with van der Waals surface area (Å²) >= 11 is 0. The molecule has 0 aliphatic heterocycles. The van der Waals surface area contributed by atoms with Crippen LogP contribution in [0.2, 0.25) is 0 Å². The van der Waals surface area contributed by atoms with E-state index in [9.17, 15) is 4.79 Å². The van der Waals surface area contributed by atoms with Gasteiger partial charge in [-0.1, -0.05) is 25.3 Å². The second kappa shape index (κ2) is 8.44. The molecule has 0 saturated carbocycles. The molecule has 0 radical (unpaired) electrons. The van der Waals surface area contributed by atoms with Crippen molar-refractivity contribution in [3.05, 3.63) is 79.4 Å². The van der Waals surface area contributed by atoms with E-state index in [0.29, 0.717) is 36.0 Å². The summed E-state index contributed by atoms with van der Waals surface area (Å²) in [6, 6.07) is 13.6. The molecule has 0 aliphatic rings. The van der Waals surface area contributed by atoms with Crippen molar-refractivity contribution in [1.29, 1.82) is 0 Å². The quantitative estimate of drug-likeness (QED) is 0.419. The normalized spacial score (nSPS) is 9.74. The average Bonchev–Trinajstić information content (AvgIpc) is 2.59. The van der Waals surface area contributed by atoms with Gasteiger partial charge in [0.2, 0.25) is 0 Å². The lowest BCUT2D eigenvalue weighted by Gasteiger charge is -2.07. The van der Waals surface area contributed by atoms with Crippen LogP contribution in [0, 0.1) is 0 Å². The van der Waals surface area contributed by atoms with Crippen molar-refractivity contribution < 1.29 is 19.0 Å². The van der Waals surface area contributed by atoms with Crippen LogP contribution < -0.4 is 14.2 Å². The van der Waals surface area contributed by atoms with Crippen molar-refractivity contribution in [2.24, 2.45) is 0 Å². The molecular weight excluding hydrogens is 292 g/mol. The maximum absolute atomic E-state index is 12.1. The van der Waals surface area contributed by atoms with Gasteiger partial charge in [-0.2, -0.15) is 0 Å². The molecular formula is C19H18O4. The Hall–Kier alpha value is -3.01. The Balaban J connectivity index is 1.95. The first-order chi connectivity index (χ1) is 11.2. The van der Waals surface area contributed by atoms with Crippen LogP contribution >= 0.6 is 0 Å². The van der Waals surface area contributed by atoms with Gasteiger partial charge in [-0.25, -0.2) is 4.79 Å². The third kappa shape index (κ3) is 5.04. The number of hydrogen-bond acceptors (Lipinski definition) is 4. The summed E-state index contributed by atoms with van der Waals surface area (Å²) in [5.41, 5.74) is 0.447. The highest BCUT2D eigenvalue weighted by Crippen LogP contribution is 2.19. The molecule has 0 fully saturated rings. The lowest BCUT2D eigenvalue weighted by atomic mass is 10.2. The zero-order valence-corrected chi connectivity index (χ0v) is 12.7. The highest BCUT2D eigenvalue weighted by molar-refractivity contribution is 5.91. The molecule has 2 aromatic rings. The van der Waals surface area contributed by atoms with E-state index in [-0.39, 0.29) is 0 Å². The van der Waals surface area contributed by atoms with E-state index in [1.807, 2.05) is 0 Å². The second-order valence-corrected chi connectivity index (χ2v) is 4.58. The topological polar surface area (TPSA) is 44.8 Å². The molecule has 0 amide bonds. The number of benzene rings is 2. The van der Waals surface area contributed by atoms with E-state index < -0.39 is 5.97 Å². The van der Waals surface area contributed by atoms with Gasteiger partial charge in [-0.3, -0.25) is 0 Å². The molecule has 23 heavy (non-hydrogen) atoms. The first kappa shape index (κ1) is 16.4. The van der Waals surface area contributed by atoms with Gasteiger partial charge in [0.1, 0.15) is 30.5 Å². The van der Waals surface area contributed by atoms with Crippen LogP contribution in [0.1, 0.15) is 10.4 Å². The fraction of sp³-hybridized carbons (Fsp3) is 0.105. The molecule has 0 bridgehead atoms. The van der Waals surface area contributed by atoms with Gasteiger partial charge in [-0.05, 0) is 48.5 Å². The van der Waals surface area contributed by atoms with Crippen LogP contribution in [0.15, 0.2) is 73.8 Å². The summed E-state index contributed by atoms with van der Waals surface area (Å²) in [5.74, 6) is 1.38. The fourth-order valence-electron chi connectivity index (χ4n) is 1.77. The largest absolute Gasteiger partial charge is 0.490 e. The third-order valence-electron chi connectivity index (χ3n) is 2.86. The molecule has 2 rings (SSSR count). The van der Waals surface area contributed by atoms with Crippen LogP contribution in [-0.2, 0) is 0 Å². The zero-order chi connectivity index (χ0) is 16.5. The summed E-state index contributed by atoms with van der Waals surface area (Å²) in [6.45, 7) is 8.01. The number of carbonyl (C=O) groups excluding carboxylic acids is 1. The summed E-state index contributed by atoms with van der Waals surface area (Å²) in [7, 11) is 0. The van der Waals surface area contributed by atoms with Gasteiger partial charge >= 0.3 is 5.97 Å². The molecule has 0 saturated heterocycles. The number of rotatable bonds is 8. The van der Waals surface area contributed by atoms with Crippen molar-refractivity contribution in [3.63, 3.8) is 0 Å². The van der Waals surface area contributed by atoms with E-state index in [2.05, 4.69) is 13.2 Å².